The van der Waals surface area contributed by atoms with Gasteiger partial charge in [-0.3, -0.25) is 10.1 Å². The molecule has 0 fully saturated rings. The minimum absolute atomic E-state index is 0.0462. The van der Waals surface area contributed by atoms with Gasteiger partial charge in [0, 0.05) is 4.88 Å². The number of nitrogens with two attached hydrogens (primary N) is 1. The second kappa shape index (κ2) is 2.99. The molecule has 1 aromatic heterocycles. The third-order valence-corrected chi connectivity index (χ3v) is 3.17. The number of anilines is 1. The summed E-state index contributed by atoms with van der Waals surface area (Å²) in [6.45, 7) is 6.01. The van der Waals surface area contributed by atoms with E-state index in [0.29, 0.717) is 0 Å². The molecule has 1 heterocycles. The zero-order chi connectivity index (χ0) is 10.2. The zero-order valence-electron chi connectivity index (χ0n) is 7.83. The molecule has 0 amide bonds. The van der Waals surface area contributed by atoms with E-state index in [0.717, 1.165) is 16.2 Å². The van der Waals surface area contributed by atoms with Gasteiger partial charge in [0.1, 0.15) is 5.69 Å². The molecule has 0 saturated carbocycles. The number of rotatable bonds is 1. The first-order valence-corrected chi connectivity index (χ1v) is 4.68. The highest BCUT2D eigenvalue weighted by atomic mass is 32.1. The van der Waals surface area contributed by atoms with Crippen molar-refractivity contribution < 1.29 is 4.92 Å². The van der Waals surface area contributed by atoms with E-state index < -0.39 is 4.92 Å². The Hall–Kier alpha value is -1.10. The maximum absolute atomic E-state index is 10.5. The fourth-order valence-electron chi connectivity index (χ4n) is 0.908. The van der Waals surface area contributed by atoms with Crippen LogP contribution >= 0.6 is 11.3 Å². The van der Waals surface area contributed by atoms with Gasteiger partial charge in [-0.1, -0.05) is 32.1 Å². The summed E-state index contributed by atoms with van der Waals surface area (Å²) < 4.78 is 0. The fourth-order valence-corrected chi connectivity index (χ4v) is 1.86. The van der Waals surface area contributed by atoms with Gasteiger partial charge in [-0.15, -0.1) is 0 Å². The summed E-state index contributed by atoms with van der Waals surface area (Å²) in [5.74, 6) is 0. The first-order chi connectivity index (χ1) is 5.82. The van der Waals surface area contributed by atoms with Gasteiger partial charge in [-0.05, 0) is 11.5 Å². The fraction of sp³-hybridized carbons (Fsp3) is 0.500. The predicted octanol–water partition coefficient (Wildman–Crippen LogP) is 2.54. The quantitative estimate of drug-likeness (QED) is 0.559. The van der Waals surface area contributed by atoms with Crippen molar-refractivity contribution in [3.05, 3.63) is 21.1 Å². The molecule has 0 aliphatic rings. The van der Waals surface area contributed by atoms with Crippen LogP contribution in [-0.2, 0) is 5.41 Å². The number of thiophene rings is 1. The van der Waals surface area contributed by atoms with Crippen LogP contribution in [-0.4, -0.2) is 4.92 Å². The molecule has 72 valence electrons. The zero-order valence-corrected chi connectivity index (χ0v) is 8.64. The molecule has 0 aliphatic heterocycles. The van der Waals surface area contributed by atoms with Gasteiger partial charge in [0.2, 0.25) is 0 Å². The van der Waals surface area contributed by atoms with Crippen molar-refractivity contribution in [2.75, 3.05) is 5.73 Å². The number of nitrogens with zero attached hydrogens (tertiary/aromatic N) is 1. The number of hydrogen-bond acceptors (Lipinski definition) is 4. The Morgan fingerprint density at radius 2 is 2.08 bits per heavy atom. The molecule has 5 heteroatoms. The lowest BCUT2D eigenvalue weighted by Crippen LogP contribution is -2.07. The van der Waals surface area contributed by atoms with Crippen molar-refractivity contribution in [3.63, 3.8) is 0 Å². The number of hydrogen-bond donors (Lipinski definition) is 1. The molecule has 0 aromatic carbocycles. The monoisotopic (exact) mass is 200 g/mol. The summed E-state index contributed by atoms with van der Waals surface area (Å²) in [6.07, 6.45) is 0. The molecule has 13 heavy (non-hydrogen) atoms. The van der Waals surface area contributed by atoms with Gasteiger partial charge >= 0.3 is 5.00 Å². The third kappa shape index (κ3) is 1.98. The molecule has 0 unspecified atom stereocenters. The highest BCUT2D eigenvalue weighted by Gasteiger charge is 2.23. The van der Waals surface area contributed by atoms with E-state index >= 15 is 0 Å². The van der Waals surface area contributed by atoms with E-state index in [9.17, 15) is 10.1 Å². The maximum atomic E-state index is 10.5. The van der Waals surface area contributed by atoms with Gasteiger partial charge in [0.25, 0.3) is 0 Å². The van der Waals surface area contributed by atoms with Gasteiger partial charge in [0.15, 0.2) is 0 Å². The average Bonchev–Trinajstić information content (AvgIpc) is 2.29. The Bertz CT molecular complexity index is 338. The smallest absolute Gasteiger partial charge is 0.347 e. The van der Waals surface area contributed by atoms with Crippen LogP contribution in [0, 0.1) is 10.1 Å². The van der Waals surface area contributed by atoms with E-state index in [-0.39, 0.29) is 16.1 Å². The Balaban J connectivity index is 3.17. The van der Waals surface area contributed by atoms with Crippen LogP contribution in [0.4, 0.5) is 10.7 Å². The summed E-state index contributed by atoms with van der Waals surface area (Å²) in [5.41, 5.74) is 5.70. The van der Waals surface area contributed by atoms with Crippen LogP contribution in [0.5, 0.6) is 0 Å². The second-order valence-corrected chi connectivity index (χ2v) is 4.91. The van der Waals surface area contributed by atoms with E-state index in [1.165, 1.54) is 0 Å². The first-order valence-electron chi connectivity index (χ1n) is 3.86. The molecule has 1 rings (SSSR count). The molecular formula is C8H12N2O2S. The normalized spacial score (nSPS) is 11.6. The van der Waals surface area contributed by atoms with Gasteiger partial charge in [-0.2, -0.15) is 0 Å². The standard InChI is InChI=1S/C8H12N2O2S/c1-8(2,3)6-4-5(9)7(13-6)10(11)12/h4H,9H2,1-3H3. The van der Waals surface area contributed by atoms with Gasteiger partial charge < -0.3 is 5.73 Å². The van der Waals surface area contributed by atoms with Crippen LogP contribution in [0.2, 0.25) is 0 Å². The largest absolute Gasteiger partial charge is 0.392 e. The van der Waals surface area contributed by atoms with Crippen molar-refractivity contribution in [2.24, 2.45) is 0 Å². The van der Waals surface area contributed by atoms with Crippen LogP contribution in [0.1, 0.15) is 25.6 Å². The van der Waals surface area contributed by atoms with Crippen LogP contribution in [0.3, 0.4) is 0 Å². The summed E-state index contributed by atoms with van der Waals surface area (Å²) in [4.78, 5) is 11.0. The molecular weight excluding hydrogens is 188 g/mol. The van der Waals surface area contributed by atoms with Crippen molar-refractivity contribution in [3.8, 4) is 0 Å². The molecule has 0 spiro atoms. The maximum Gasteiger partial charge on any atom is 0.347 e. The van der Waals surface area contributed by atoms with Gasteiger partial charge in [-0.25, -0.2) is 0 Å². The van der Waals surface area contributed by atoms with Crippen LogP contribution in [0.15, 0.2) is 6.07 Å². The molecule has 2 N–H and O–H groups in total. The Morgan fingerprint density at radius 1 is 1.54 bits per heavy atom. The molecule has 4 nitrogen and oxygen atoms in total. The topological polar surface area (TPSA) is 69.2 Å². The highest BCUT2D eigenvalue weighted by Crippen LogP contribution is 2.38. The first kappa shape index (κ1) is 9.98. The van der Waals surface area contributed by atoms with Crippen molar-refractivity contribution >= 4 is 22.0 Å². The summed E-state index contributed by atoms with van der Waals surface area (Å²) in [5, 5.41) is 10.5. The predicted molar refractivity (Wildman–Crippen MR) is 54.1 cm³/mol. The highest BCUT2D eigenvalue weighted by molar-refractivity contribution is 7.16. The van der Waals surface area contributed by atoms with E-state index in [1.807, 2.05) is 20.8 Å². The van der Waals surface area contributed by atoms with Crippen molar-refractivity contribution in [2.45, 2.75) is 26.2 Å². The molecule has 0 aliphatic carbocycles. The van der Waals surface area contributed by atoms with Crippen LogP contribution < -0.4 is 5.73 Å². The van der Waals surface area contributed by atoms with Crippen molar-refractivity contribution in [1.82, 2.24) is 0 Å². The minimum atomic E-state index is -0.435. The third-order valence-electron chi connectivity index (χ3n) is 1.65. The SMILES string of the molecule is CC(C)(C)c1cc(N)c([N+](=O)[O-])s1. The van der Waals surface area contributed by atoms with Gasteiger partial charge in [0.05, 0.1) is 4.92 Å². The molecule has 0 saturated heterocycles. The Morgan fingerprint density at radius 3 is 2.31 bits per heavy atom. The van der Waals surface area contributed by atoms with E-state index in [4.69, 9.17) is 5.73 Å². The molecule has 0 atom stereocenters. The molecule has 0 radical (unpaired) electrons. The minimum Gasteiger partial charge on any atom is -0.392 e. The lowest BCUT2D eigenvalue weighted by molar-refractivity contribution is -0.379. The summed E-state index contributed by atoms with van der Waals surface area (Å²) in [7, 11) is 0. The van der Waals surface area contributed by atoms with Crippen LogP contribution in [0.25, 0.3) is 0 Å². The average molecular weight is 200 g/mol. The summed E-state index contributed by atoms with van der Waals surface area (Å²) >= 11 is 1.15. The van der Waals surface area contributed by atoms with Crippen molar-refractivity contribution in [1.29, 1.82) is 0 Å². The van der Waals surface area contributed by atoms with E-state index in [2.05, 4.69) is 0 Å². The lowest BCUT2D eigenvalue weighted by Gasteiger charge is -2.14. The van der Waals surface area contributed by atoms with E-state index in [1.54, 1.807) is 6.07 Å². The lowest BCUT2D eigenvalue weighted by atomic mass is 9.95. The Kier molecular flexibility index (Phi) is 2.30. The second-order valence-electron chi connectivity index (χ2n) is 3.88. The number of nitro groups is 1. The number of nitrogen functional groups attached to an aromatic ring is 1. The Labute approximate surface area is 80.5 Å². The summed E-state index contributed by atoms with van der Waals surface area (Å²) in [6, 6.07) is 1.68. The molecule has 0 bridgehead atoms. The molecule has 1 aromatic rings.